The van der Waals surface area contributed by atoms with E-state index in [4.69, 9.17) is 9.94 Å². The molecule has 2 heterocycles. The van der Waals surface area contributed by atoms with E-state index in [-0.39, 0.29) is 0 Å². The number of carbonyl (C=O) groups excluding carboxylic acids is 1. The number of carbonyl (C=O) groups is 1. The van der Waals surface area contributed by atoms with E-state index in [1.165, 1.54) is 39.4 Å². The maximum Gasteiger partial charge on any atom is 0.267 e. The van der Waals surface area contributed by atoms with Crippen molar-refractivity contribution in [3.05, 3.63) is 76.5 Å². The highest BCUT2D eigenvalue weighted by molar-refractivity contribution is 5.90. The molecule has 4 N–H and O–H groups in total. The van der Waals surface area contributed by atoms with Gasteiger partial charge in [0.2, 0.25) is 0 Å². The number of ether oxygens (including phenoxy) is 1. The molecule has 4 rings (SSSR count). The number of hydrogen-bond acceptors (Lipinski definition) is 4. The lowest BCUT2D eigenvalue weighted by Crippen LogP contribution is -2.16. The summed E-state index contributed by atoms with van der Waals surface area (Å²) in [6.45, 7) is 3.18. The van der Waals surface area contributed by atoms with E-state index in [0.717, 1.165) is 38.1 Å². The van der Waals surface area contributed by atoms with E-state index in [2.05, 4.69) is 28.5 Å². The molecule has 1 aromatic heterocycles. The summed E-state index contributed by atoms with van der Waals surface area (Å²) in [5.74, 6) is -0.540. The summed E-state index contributed by atoms with van der Waals surface area (Å²) in [4.78, 5) is 14.5. The van der Waals surface area contributed by atoms with E-state index in [1.54, 1.807) is 11.6 Å². The van der Waals surface area contributed by atoms with Gasteiger partial charge in [0.1, 0.15) is 0 Å². The fourth-order valence-corrected chi connectivity index (χ4v) is 3.69. The smallest absolute Gasteiger partial charge is 0.267 e. The Hall–Kier alpha value is -2.93. The third kappa shape index (κ3) is 4.74. The quantitative estimate of drug-likeness (QED) is 0.216. The first kappa shape index (κ1) is 19.4. The standard InChI is InChI=1S/C23H25N3O3/c27-23(26-28)8-6-16-1-3-18(4-2-16)14-24-11-9-17-5-7-19-20-10-12-29-15-22(20)25-21(19)13-17/h1-8,13,24-25,28H,9-12,14-15H2,(H,26,27)/b8-6+. The Morgan fingerprint density at radius 3 is 2.83 bits per heavy atom. The Bertz CT molecular complexity index is 1020. The van der Waals surface area contributed by atoms with Crippen molar-refractivity contribution in [2.45, 2.75) is 26.0 Å². The number of amides is 1. The molecule has 0 fully saturated rings. The van der Waals surface area contributed by atoms with E-state index < -0.39 is 5.91 Å². The minimum Gasteiger partial charge on any atom is -0.375 e. The van der Waals surface area contributed by atoms with Gasteiger partial charge in [0.15, 0.2) is 0 Å². The van der Waals surface area contributed by atoms with Gasteiger partial charge in [-0.2, -0.15) is 0 Å². The molecule has 1 aliphatic heterocycles. The van der Waals surface area contributed by atoms with Crippen LogP contribution in [0.25, 0.3) is 17.0 Å². The maximum atomic E-state index is 11.0. The Morgan fingerprint density at radius 2 is 2.00 bits per heavy atom. The van der Waals surface area contributed by atoms with Crippen LogP contribution in [0.1, 0.15) is 27.9 Å². The molecule has 29 heavy (non-hydrogen) atoms. The summed E-state index contributed by atoms with van der Waals surface area (Å²) in [5, 5.41) is 13.3. The van der Waals surface area contributed by atoms with Crippen LogP contribution < -0.4 is 10.8 Å². The molecule has 150 valence electrons. The van der Waals surface area contributed by atoms with E-state index in [1.807, 2.05) is 24.3 Å². The third-order valence-corrected chi connectivity index (χ3v) is 5.24. The van der Waals surface area contributed by atoms with Crippen LogP contribution in [0.2, 0.25) is 0 Å². The molecular formula is C23H25N3O3. The normalized spacial score (nSPS) is 13.7. The number of benzene rings is 2. The average molecular weight is 391 g/mol. The number of aromatic nitrogens is 1. The van der Waals surface area contributed by atoms with Gasteiger partial charge in [0.25, 0.3) is 5.91 Å². The number of aromatic amines is 1. The second-order valence-electron chi connectivity index (χ2n) is 7.24. The molecule has 0 aliphatic carbocycles. The van der Waals surface area contributed by atoms with Crippen molar-refractivity contribution >= 4 is 22.9 Å². The summed E-state index contributed by atoms with van der Waals surface area (Å²) >= 11 is 0. The number of rotatable bonds is 7. The second-order valence-corrected chi connectivity index (χ2v) is 7.24. The Kier molecular flexibility index (Phi) is 6.05. The molecule has 0 bridgehead atoms. The summed E-state index contributed by atoms with van der Waals surface area (Å²) in [5.41, 5.74) is 8.81. The lowest BCUT2D eigenvalue weighted by molar-refractivity contribution is -0.124. The molecule has 3 aromatic rings. The lowest BCUT2D eigenvalue weighted by Gasteiger charge is -2.11. The Balaban J connectivity index is 1.28. The van der Waals surface area contributed by atoms with Gasteiger partial charge in [-0.15, -0.1) is 0 Å². The van der Waals surface area contributed by atoms with Crippen LogP contribution in [0.4, 0.5) is 0 Å². The fourth-order valence-electron chi connectivity index (χ4n) is 3.69. The molecule has 2 aromatic carbocycles. The third-order valence-electron chi connectivity index (χ3n) is 5.24. The summed E-state index contributed by atoms with van der Waals surface area (Å²) < 4.78 is 5.54. The van der Waals surface area contributed by atoms with Crippen molar-refractivity contribution in [1.29, 1.82) is 0 Å². The van der Waals surface area contributed by atoms with Gasteiger partial charge in [-0.1, -0.05) is 36.4 Å². The molecule has 1 amide bonds. The number of H-pyrrole nitrogens is 1. The zero-order valence-corrected chi connectivity index (χ0v) is 16.2. The minimum absolute atomic E-state index is 0.540. The first-order chi connectivity index (χ1) is 14.2. The number of nitrogens with one attached hydrogen (secondary N) is 3. The second kappa shape index (κ2) is 9.05. The molecule has 6 heteroatoms. The van der Waals surface area contributed by atoms with Crippen molar-refractivity contribution in [2.24, 2.45) is 0 Å². The number of hydrogen-bond donors (Lipinski definition) is 4. The van der Waals surface area contributed by atoms with Crippen molar-refractivity contribution in [3.63, 3.8) is 0 Å². The van der Waals surface area contributed by atoms with Crippen molar-refractivity contribution < 1.29 is 14.7 Å². The number of fused-ring (bicyclic) bond motifs is 3. The lowest BCUT2D eigenvalue weighted by atomic mass is 10.0. The summed E-state index contributed by atoms with van der Waals surface area (Å²) in [7, 11) is 0. The van der Waals surface area contributed by atoms with Crippen molar-refractivity contribution in [2.75, 3.05) is 13.2 Å². The van der Waals surface area contributed by atoms with Gasteiger partial charge in [-0.25, -0.2) is 5.48 Å². The molecule has 0 saturated heterocycles. The molecule has 1 aliphatic rings. The average Bonchev–Trinajstić information content (AvgIpc) is 3.13. The molecule has 0 saturated carbocycles. The van der Waals surface area contributed by atoms with Crippen molar-refractivity contribution in [3.8, 4) is 0 Å². The van der Waals surface area contributed by atoms with Gasteiger partial charge >= 0.3 is 0 Å². The van der Waals surface area contributed by atoms with Crippen LogP contribution in [-0.4, -0.2) is 29.3 Å². The fraction of sp³-hybridized carbons (Fsp3) is 0.261. The topological polar surface area (TPSA) is 86.4 Å². The minimum atomic E-state index is -0.540. The van der Waals surface area contributed by atoms with Gasteiger partial charge < -0.3 is 15.0 Å². The molecule has 6 nitrogen and oxygen atoms in total. The monoisotopic (exact) mass is 391 g/mol. The molecule has 0 radical (unpaired) electrons. The van der Waals surface area contributed by atoms with Crippen LogP contribution in [-0.2, 0) is 35.5 Å². The van der Waals surface area contributed by atoms with Gasteiger partial charge in [0, 0.05) is 29.2 Å². The highest BCUT2D eigenvalue weighted by Gasteiger charge is 2.15. The zero-order chi connectivity index (χ0) is 20.1. The highest BCUT2D eigenvalue weighted by atomic mass is 16.5. The maximum absolute atomic E-state index is 11.0. The van der Waals surface area contributed by atoms with Crippen LogP contribution >= 0.6 is 0 Å². The molecule has 0 atom stereocenters. The van der Waals surface area contributed by atoms with E-state index in [0.29, 0.717) is 6.61 Å². The van der Waals surface area contributed by atoms with E-state index in [9.17, 15) is 4.79 Å². The number of hydroxylamine groups is 1. The van der Waals surface area contributed by atoms with Crippen LogP contribution in [0.3, 0.4) is 0 Å². The highest BCUT2D eigenvalue weighted by Crippen LogP contribution is 2.27. The predicted octanol–water partition coefficient (Wildman–Crippen LogP) is 3.09. The van der Waals surface area contributed by atoms with Crippen molar-refractivity contribution in [1.82, 2.24) is 15.8 Å². The Labute approximate surface area is 169 Å². The Morgan fingerprint density at radius 1 is 1.17 bits per heavy atom. The summed E-state index contributed by atoms with van der Waals surface area (Å²) in [6, 6.07) is 14.7. The summed E-state index contributed by atoms with van der Waals surface area (Å²) in [6.07, 6.45) is 4.90. The van der Waals surface area contributed by atoms with Gasteiger partial charge in [-0.3, -0.25) is 10.0 Å². The van der Waals surface area contributed by atoms with Crippen LogP contribution in [0.5, 0.6) is 0 Å². The van der Waals surface area contributed by atoms with E-state index >= 15 is 0 Å². The first-order valence-corrected chi connectivity index (χ1v) is 9.85. The van der Waals surface area contributed by atoms with Crippen LogP contribution in [0, 0.1) is 0 Å². The molecular weight excluding hydrogens is 366 g/mol. The molecule has 0 unspecified atom stereocenters. The first-order valence-electron chi connectivity index (χ1n) is 9.85. The van der Waals surface area contributed by atoms with Gasteiger partial charge in [0.05, 0.1) is 13.2 Å². The SMILES string of the molecule is O=C(/C=C/c1ccc(CNCCc2ccc3c4c([nH]c3c2)COCC4)cc1)NO. The molecule has 0 spiro atoms. The van der Waals surface area contributed by atoms with Crippen LogP contribution in [0.15, 0.2) is 48.5 Å². The largest absolute Gasteiger partial charge is 0.375 e. The zero-order valence-electron chi connectivity index (χ0n) is 16.2. The van der Waals surface area contributed by atoms with Gasteiger partial charge in [-0.05, 0) is 53.8 Å². The predicted molar refractivity (Wildman–Crippen MR) is 112 cm³/mol.